The Balaban J connectivity index is -0.000000569. The van der Waals surface area contributed by atoms with Crippen LogP contribution in [-0.4, -0.2) is 38.8 Å². The molecule has 0 atom stereocenters. The van der Waals surface area contributed by atoms with Gasteiger partial charge < -0.3 is 10.7 Å². The van der Waals surface area contributed by atoms with Crippen LogP contribution in [0.4, 0.5) is 0 Å². The van der Waals surface area contributed by atoms with Crippen molar-refractivity contribution >= 4 is 75.6 Å². The highest BCUT2D eigenvalue weighted by Gasteiger charge is 2.21. The Hall–Kier alpha value is -3.36. The predicted molar refractivity (Wildman–Crippen MR) is 199 cm³/mol. The number of ketones is 2. The van der Waals surface area contributed by atoms with Crippen molar-refractivity contribution in [3.8, 4) is 0 Å². The average molecular weight is 728 g/mol. The number of allylic oxidation sites excluding steroid dienone is 2. The Morgan fingerprint density at radius 2 is 1.15 bits per heavy atom. The van der Waals surface area contributed by atoms with E-state index in [0.717, 1.165) is 0 Å². The summed E-state index contributed by atoms with van der Waals surface area (Å²) in [6.07, 6.45) is 5.27. The molecule has 0 bridgehead atoms. The van der Waals surface area contributed by atoms with E-state index in [9.17, 15) is 19.2 Å². The Morgan fingerprint density at radius 1 is 0.745 bits per heavy atom. The molecule has 0 fully saturated rings. The average Bonchev–Trinajstić information content (AvgIpc) is 2.99. The van der Waals surface area contributed by atoms with Gasteiger partial charge in [0.15, 0.2) is 5.78 Å². The monoisotopic (exact) mass is 725 g/mol. The largest absolute Gasteiger partial charge is 0.326 e. The smallest absolute Gasteiger partial charge is 0.255 e. The van der Waals surface area contributed by atoms with Gasteiger partial charge in [0, 0.05) is 58.3 Å². The lowest BCUT2D eigenvalue weighted by molar-refractivity contribution is -0.125. The van der Waals surface area contributed by atoms with Crippen LogP contribution in [0.3, 0.4) is 0 Å². The summed E-state index contributed by atoms with van der Waals surface area (Å²) >= 11 is 14.7. The molecule has 1 amide bonds. The Kier molecular flexibility index (Phi) is 27.3. The zero-order chi connectivity index (χ0) is 35.8. The predicted octanol–water partition coefficient (Wildman–Crippen LogP) is 9.96. The normalized spacial score (nSPS) is 10.1. The van der Waals surface area contributed by atoms with Crippen molar-refractivity contribution in [2.75, 3.05) is 5.34 Å². The number of aromatic nitrogens is 1. The van der Waals surface area contributed by atoms with Gasteiger partial charge in [-0.3, -0.25) is 24.2 Å². The number of carbonyl (C=O) groups excluding carboxylic acids is 4. The van der Waals surface area contributed by atoms with Crippen LogP contribution >= 0.6 is 47.2 Å². The van der Waals surface area contributed by atoms with E-state index in [1.165, 1.54) is 6.08 Å². The summed E-state index contributed by atoms with van der Waals surface area (Å²) in [6.45, 7) is 14.5. The van der Waals surface area contributed by atoms with Crippen LogP contribution < -0.4 is 5.32 Å². The third-order valence-corrected chi connectivity index (χ3v) is 5.48. The standard InChI is InChI=1S/C15H19NO2.C8H15NO.C7H5ClO.C5H5N.CH2Cl2.ClH/c1-11(10-13(17)15(2,3)4)16-14(18)12-8-6-5-7-9-12;1-6(9)5-7(10)8(2,3)4;8-7(9)6-4-2-1-3-5-6;1-2-4-6-5-3-1;2-1-3;/h5-10H,1-4H3,(H,16,18);9H,5H2,1-4H3;1-5H;1-5H;1H2;1H/b11-10+;;;;;. The number of alkyl halides is 2. The first-order valence-corrected chi connectivity index (χ1v) is 15.7. The molecular formula is C36H47Cl4N3O4. The minimum Gasteiger partial charge on any atom is -0.326 e. The molecule has 0 saturated heterocycles. The quantitative estimate of drug-likeness (QED) is 0.114. The fourth-order valence-electron chi connectivity index (χ4n) is 2.68. The van der Waals surface area contributed by atoms with Crippen molar-refractivity contribution < 1.29 is 19.2 Å². The summed E-state index contributed by atoms with van der Waals surface area (Å²) in [6, 6.07) is 23.4. The van der Waals surface area contributed by atoms with E-state index >= 15 is 0 Å². The number of Topliss-reactive ketones (excluding diaryl/α,β-unsaturated/α-hetero) is 1. The van der Waals surface area contributed by atoms with Crippen molar-refractivity contribution in [2.45, 2.75) is 61.8 Å². The second kappa shape index (κ2) is 26.7. The number of pyridine rings is 1. The summed E-state index contributed by atoms with van der Waals surface area (Å²) in [7, 11) is 0. The molecule has 0 aliphatic rings. The molecular weight excluding hydrogens is 680 g/mol. The molecule has 0 saturated carbocycles. The van der Waals surface area contributed by atoms with Gasteiger partial charge in [0.1, 0.15) is 5.78 Å². The SMILES string of the molecule is C/C(=C\C(=O)C(C)(C)C)NC(=O)c1ccccc1.CC(=N)CC(=O)C(C)(C)C.Cl.ClCCl.O=C(Cl)c1ccccc1.c1ccncc1. The lowest BCUT2D eigenvalue weighted by atomic mass is 9.88. The summed E-state index contributed by atoms with van der Waals surface area (Å²) in [4.78, 5) is 48.9. The summed E-state index contributed by atoms with van der Waals surface area (Å²) < 4.78 is 0. The molecule has 11 heteroatoms. The van der Waals surface area contributed by atoms with E-state index in [0.29, 0.717) is 29.0 Å². The number of hydrogen-bond donors (Lipinski definition) is 2. The van der Waals surface area contributed by atoms with Crippen molar-refractivity contribution in [1.82, 2.24) is 10.3 Å². The van der Waals surface area contributed by atoms with Gasteiger partial charge in [0.05, 0.1) is 5.34 Å². The van der Waals surface area contributed by atoms with Crippen LogP contribution in [0.1, 0.15) is 82.5 Å². The molecule has 2 aromatic carbocycles. The van der Waals surface area contributed by atoms with Gasteiger partial charge in [-0.05, 0) is 49.7 Å². The summed E-state index contributed by atoms with van der Waals surface area (Å²) in [5.74, 6) is -0.0700. The fourth-order valence-corrected chi connectivity index (χ4v) is 2.80. The van der Waals surface area contributed by atoms with Crippen molar-refractivity contribution in [3.63, 3.8) is 0 Å². The highest BCUT2D eigenvalue weighted by molar-refractivity contribution is 6.67. The first kappa shape index (κ1) is 48.0. The van der Waals surface area contributed by atoms with Crippen LogP contribution in [-0.2, 0) is 9.59 Å². The van der Waals surface area contributed by atoms with Gasteiger partial charge in [-0.25, -0.2) is 0 Å². The summed E-state index contributed by atoms with van der Waals surface area (Å²) in [5.41, 5.74) is 1.40. The van der Waals surface area contributed by atoms with Crippen LogP contribution in [0, 0.1) is 16.2 Å². The molecule has 1 heterocycles. The highest BCUT2D eigenvalue weighted by Crippen LogP contribution is 2.17. The van der Waals surface area contributed by atoms with Gasteiger partial charge in [0.25, 0.3) is 11.1 Å². The molecule has 0 unspecified atom stereocenters. The molecule has 0 radical (unpaired) electrons. The lowest BCUT2D eigenvalue weighted by Gasteiger charge is -2.15. The van der Waals surface area contributed by atoms with Gasteiger partial charge in [-0.15, -0.1) is 35.6 Å². The number of nitrogens with one attached hydrogen (secondary N) is 2. The second-order valence-corrected chi connectivity index (χ2v) is 12.8. The third-order valence-electron chi connectivity index (χ3n) is 5.26. The number of rotatable bonds is 6. The molecule has 47 heavy (non-hydrogen) atoms. The van der Waals surface area contributed by atoms with Crippen molar-refractivity contribution in [2.24, 2.45) is 10.8 Å². The molecule has 1 aromatic heterocycles. The zero-order valence-corrected chi connectivity index (χ0v) is 31.4. The number of benzene rings is 2. The fraction of sp³-hybridized carbons (Fsp3) is 0.333. The van der Waals surface area contributed by atoms with Crippen LogP contribution in [0.2, 0.25) is 0 Å². The maximum absolute atomic E-state index is 11.8. The number of carbonyl (C=O) groups is 4. The molecule has 0 spiro atoms. The Morgan fingerprint density at radius 3 is 1.40 bits per heavy atom. The maximum atomic E-state index is 11.8. The van der Waals surface area contributed by atoms with E-state index in [1.54, 1.807) is 74.8 Å². The minimum atomic E-state index is -0.432. The maximum Gasteiger partial charge on any atom is 0.255 e. The van der Waals surface area contributed by atoms with E-state index in [4.69, 9.17) is 40.2 Å². The second-order valence-electron chi connectivity index (χ2n) is 11.7. The van der Waals surface area contributed by atoms with E-state index < -0.39 is 10.7 Å². The lowest BCUT2D eigenvalue weighted by Crippen LogP contribution is -2.24. The summed E-state index contributed by atoms with van der Waals surface area (Å²) in [5, 5.41) is 9.57. The molecule has 2 N–H and O–H groups in total. The first-order chi connectivity index (χ1) is 21.4. The first-order valence-electron chi connectivity index (χ1n) is 14.2. The van der Waals surface area contributed by atoms with Crippen LogP contribution in [0.25, 0.3) is 0 Å². The number of nitrogens with zero attached hydrogens (tertiary/aromatic N) is 1. The van der Waals surface area contributed by atoms with Gasteiger partial charge >= 0.3 is 0 Å². The van der Waals surface area contributed by atoms with Gasteiger partial charge in [0.2, 0.25) is 0 Å². The topological polar surface area (TPSA) is 117 Å². The Labute approximate surface area is 301 Å². The van der Waals surface area contributed by atoms with Crippen molar-refractivity contribution in [1.29, 1.82) is 5.41 Å². The van der Waals surface area contributed by atoms with Gasteiger partial charge in [-0.2, -0.15) is 0 Å². The molecule has 3 aromatic rings. The molecule has 258 valence electrons. The number of hydrogen-bond acceptors (Lipinski definition) is 6. The highest BCUT2D eigenvalue weighted by atomic mass is 35.5. The molecule has 3 rings (SSSR count). The van der Waals surface area contributed by atoms with Crippen LogP contribution in [0.5, 0.6) is 0 Å². The third kappa shape index (κ3) is 27.5. The Bertz CT molecular complexity index is 1330. The molecule has 0 aliphatic heterocycles. The molecule has 7 nitrogen and oxygen atoms in total. The van der Waals surface area contributed by atoms with Crippen molar-refractivity contribution in [3.05, 3.63) is 114 Å². The number of amides is 1. The molecule has 0 aliphatic carbocycles. The van der Waals surface area contributed by atoms with Gasteiger partial charge in [-0.1, -0.05) is 96.1 Å². The van der Waals surface area contributed by atoms with Crippen LogP contribution in [0.15, 0.2) is 103 Å². The van der Waals surface area contributed by atoms with E-state index in [1.807, 2.05) is 71.9 Å². The van der Waals surface area contributed by atoms with E-state index in [2.05, 4.69) is 10.3 Å². The zero-order valence-electron chi connectivity index (χ0n) is 28.3. The minimum absolute atomic E-state index is 0. The van der Waals surface area contributed by atoms with E-state index in [-0.39, 0.29) is 40.6 Å². The number of halogens is 4.